The van der Waals surface area contributed by atoms with Gasteiger partial charge in [0.05, 0.1) is 0 Å². The lowest BCUT2D eigenvalue weighted by molar-refractivity contribution is 0.0494. The van der Waals surface area contributed by atoms with Crippen molar-refractivity contribution in [3.8, 4) is 11.5 Å². The summed E-state index contributed by atoms with van der Waals surface area (Å²) in [5.74, 6) is 2.28. The molecule has 29 heavy (non-hydrogen) atoms. The fourth-order valence-electron chi connectivity index (χ4n) is 3.41. The van der Waals surface area contributed by atoms with Crippen LogP contribution in [0, 0.1) is 0 Å². The summed E-state index contributed by atoms with van der Waals surface area (Å²) in [4.78, 5) is 23.3. The number of ether oxygens (including phenoxy) is 1. The van der Waals surface area contributed by atoms with Gasteiger partial charge >= 0.3 is 6.09 Å². The Morgan fingerprint density at radius 3 is 2.76 bits per heavy atom. The monoisotopic (exact) mass is 401 g/mol. The van der Waals surface area contributed by atoms with Gasteiger partial charge < -0.3 is 19.5 Å². The SMILES string of the molecule is CC(C)c1noc(-c2ccnc(N3CCC(NC(=O)OC(C)(C)C)CC3C)c2)n1. The van der Waals surface area contributed by atoms with Crippen molar-refractivity contribution in [2.45, 2.75) is 78.0 Å². The number of amides is 1. The third-order valence-electron chi connectivity index (χ3n) is 4.84. The molecule has 1 saturated heterocycles. The molecule has 0 aliphatic carbocycles. The van der Waals surface area contributed by atoms with Crippen molar-refractivity contribution < 1.29 is 14.1 Å². The van der Waals surface area contributed by atoms with E-state index in [0.717, 1.165) is 30.8 Å². The lowest BCUT2D eigenvalue weighted by atomic mass is 9.98. The van der Waals surface area contributed by atoms with Crippen molar-refractivity contribution in [3.05, 3.63) is 24.2 Å². The van der Waals surface area contributed by atoms with Crippen LogP contribution in [0.3, 0.4) is 0 Å². The summed E-state index contributed by atoms with van der Waals surface area (Å²) in [7, 11) is 0. The Morgan fingerprint density at radius 2 is 2.14 bits per heavy atom. The second-order valence-corrected chi connectivity index (χ2v) is 8.93. The van der Waals surface area contributed by atoms with Gasteiger partial charge in [0.2, 0.25) is 0 Å². The van der Waals surface area contributed by atoms with E-state index < -0.39 is 5.60 Å². The van der Waals surface area contributed by atoms with Crippen LogP contribution in [-0.4, -0.2) is 45.4 Å². The molecule has 1 aliphatic rings. The maximum absolute atomic E-state index is 12.1. The molecule has 1 amide bonds. The zero-order chi connectivity index (χ0) is 21.2. The van der Waals surface area contributed by atoms with Gasteiger partial charge in [-0.3, -0.25) is 0 Å². The molecule has 1 aliphatic heterocycles. The number of hydrogen-bond acceptors (Lipinski definition) is 7. The molecular formula is C21H31N5O3. The van der Waals surface area contributed by atoms with E-state index in [9.17, 15) is 4.79 Å². The Labute approximate surface area is 172 Å². The second-order valence-electron chi connectivity index (χ2n) is 8.93. The van der Waals surface area contributed by atoms with Crippen molar-refractivity contribution in [2.24, 2.45) is 0 Å². The molecule has 2 aromatic rings. The second kappa shape index (κ2) is 8.39. The lowest BCUT2D eigenvalue weighted by Crippen LogP contribution is -2.50. The van der Waals surface area contributed by atoms with Gasteiger partial charge in [0, 0.05) is 36.3 Å². The molecule has 0 spiro atoms. The average Bonchev–Trinajstić information content (AvgIpc) is 3.11. The quantitative estimate of drug-likeness (QED) is 0.823. The van der Waals surface area contributed by atoms with Gasteiger partial charge in [-0.1, -0.05) is 19.0 Å². The topological polar surface area (TPSA) is 93.4 Å². The van der Waals surface area contributed by atoms with Crippen molar-refractivity contribution >= 4 is 11.9 Å². The van der Waals surface area contributed by atoms with Gasteiger partial charge in [0.15, 0.2) is 5.82 Å². The van der Waals surface area contributed by atoms with Gasteiger partial charge in [-0.05, 0) is 52.7 Å². The molecular weight excluding hydrogens is 370 g/mol. The normalized spacial score (nSPS) is 20.0. The fraction of sp³-hybridized carbons (Fsp3) is 0.619. The van der Waals surface area contributed by atoms with E-state index in [-0.39, 0.29) is 24.1 Å². The van der Waals surface area contributed by atoms with Gasteiger partial charge in [0.25, 0.3) is 5.89 Å². The van der Waals surface area contributed by atoms with Gasteiger partial charge in [-0.15, -0.1) is 0 Å². The predicted octanol–water partition coefficient (Wildman–Crippen LogP) is 4.14. The number of aromatic nitrogens is 3. The van der Waals surface area contributed by atoms with Gasteiger partial charge in [-0.2, -0.15) is 4.98 Å². The zero-order valence-corrected chi connectivity index (χ0v) is 18.1. The number of pyridine rings is 1. The standard InChI is InChI=1S/C21H31N5O3/c1-13(2)18-24-19(29-25-18)15-7-9-22-17(12-15)26-10-8-16(11-14(26)3)23-20(27)28-21(4,5)6/h7,9,12-14,16H,8,10-11H2,1-6H3,(H,23,27). The molecule has 0 bridgehead atoms. The van der Waals surface area contributed by atoms with Crippen LogP contribution < -0.4 is 10.2 Å². The molecule has 3 heterocycles. The summed E-state index contributed by atoms with van der Waals surface area (Å²) in [5, 5.41) is 7.03. The van der Waals surface area contributed by atoms with E-state index in [1.807, 2.05) is 46.8 Å². The van der Waals surface area contributed by atoms with Crippen LogP contribution in [-0.2, 0) is 4.74 Å². The molecule has 2 atom stereocenters. The molecule has 0 aromatic carbocycles. The number of nitrogens with zero attached hydrogens (tertiary/aromatic N) is 4. The summed E-state index contributed by atoms with van der Waals surface area (Å²) in [6, 6.07) is 4.17. The van der Waals surface area contributed by atoms with Crippen molar-refractivity contribution in [2.75, 3.05) is 11.4 Å². The highest BCUT2D eigenvalue weighted by atomic mass is 16.6. The Bertz CT molecular complexity index is 843. The van der Waals surface area contributed by atoms with Gasteiger partial charge in [0.1, 0.15) is 11.4 Å². The molecule has 0 saturated carbocycles. The highest BCUT2D eigenvalue weighted by Crippen LogP contribution is 2.27. The average molecular weight is 402 g/mol. The first-order chi connectivity index (χ1) is 13.6. The Morgan fingerprint density at radius 1 is 1.38 bits per heavy atom. The largest absolute Gasteiger partial charge is 0.444 e. The minimum atomic E-state index is -0.495. The maximum atomic E-state index is 12.1. The molecule has 8 heteroatoms. The van der Waals surface area contributed by atoms with E-state index in [1.165, 1.54) is 0 Å². The van der Waals surface area contributed by atoms with Crippen LogP contribution in [0.4, 0.5) is 10.6 Å². The van der Waals surface area contributed by atoms with Crippen LogP contribution >= 0.6 is 0 Å². The third kappa shape index (κ3) is 5.46. The molecule has 8 nitrogen and oxygen atoms in total. The minimum Gasteiger partial charge on any atom is -0.444 e. The fourth-order valence-corrected chi connectivity index (χ4v) is 3.41. The van der Waals surface area contributed by atoms with Crippen molar-refractivity contribution in [1.82, 2.24) is 20.4 Å². The number of anilines is 1. The van der Waals surface area contributed by atoms with Crippen LogP contribution in [0.15, 0.2) is 22.9 Å². The first-order valence-corrected chi connectivity index (χ1v) is 10.2. The Hall–Kier alpha value is -2.64. The highest BCUT2D eigenvalue weighted by molar-refractivity contribution is 5.68. The van der Waals surface area contributed by atoms with Crippen LogP contribution in [0.1, 0.15) is 66.1 Å². The molecule has 158 valence electrons. The van der Waals surface area contributed by atoms with Crippen LogP contribution in [0.2, 0.25) is 0 Å². The number of rotatable bonds is 4. The summed E-state index contributed by atoms with van der Waals surface area (Å²) < 4.78 is 10.8. The summed E-state index contributed by atoms with van der Waals surface area (Å²) in [6.45, 7) is 12.6. The molecule has 1 N–H and O–H groups in total. The number of piperidine rings is 1. The Balaban J connectivity index is 1.65. The molecule has 2 aromatic heterocycles. The van der Waals surface area contributed by atoms with Crippen LogP contribution in [0.5, 0.6) is 0 Å². The van der Waals surface area contributed by atoms with Gasteiger partial charge in [-0.25, -0.2) is 9.78 Å². The van der Waals surface area contributed by atoms with Crippen molar-refractivity contribution in [1.29, 1.82) is 0 Å². The molecule has 3 rings (SSSR count). The maximum Gasteiger partial charge on any atom is 0.407 e. The first-order valence-electron chi connectivity index (χ1n) is 10.2. The minimum absolute atomic E-state index is 0.0869. The van der Waals surface area contributed by atoms with E-state index in [4.69, 9.17) is 9.26 Å². The van der Waals surface area contributed by atoms with E-state index in [0.29, 0.717) is 11.7 Å². The van der Waals surface area contributed by atoms with Crippen molar-refractivity contribution in [3.63, 3.8) is 0 Å². The number of hydrogen-bond donors (Lipinski definition) is 1. The number of alkyl carbamates (subject to hydrolysis) is 1. The van der Waals surface area contributed by atoms with E-state index in [1.54, 1.807) is 6.20 Å². The third-order valence-corrected chi connectivity index (χ3v) is 4.84. The smallest absolute Gasteiger partial charge is 0.407 e. The molecule has 0 radical (unpaired) electrons. The summed E-state index contributed by atoms with van der Waals surface area (Å²) in [5.41, 5.74) is 0.362. The first kappa shape index (κ1) is 21.1. The van der Waals surface area contributed by atoms with E-state index >= 15 is 0 Å². The zero-order valence-electron chi connectivity index (χ0n) is 18.1. The Kier molecular flexibility index (Phi) is 6.10. The number of nitrogens with one attached hydrogen (secondary N) is 1. The number of carbonyl (C=O) groups excluding carboxylic acids is 1. The van der Waals surface area contributed by atoms with E-state index in [2.05, 4.69) is 32.3 Å². The summed E-state index contributed by atoms with van der Waals surface area (Å²) in [6.07, 6.45) is 3.05. The predicted molar refractivity (Wildman–Crippen MR) is 111 cm³/mol. The highest BCUT2D eigenvalue weighted by Gasteiger charge is 2.29. The molecule has 2 unspecified atom stereocenters. The lowest BCUT2D eigenvalue weighted by Gasteiger charge is -2.38. The van der Waals surface area contributed by atoms with Crippen LogP contribution in [0.25, 0.3) is 11.5 Å². The molecule has 1 fully saturated rings. The number of carbonyl (C=O) groups is 1. The summed E-state index contributed by atoms with van der Waals surface area (Å²) >= 11 is 0.